The number of rotatable bonds is 8. The summed E-state index contributed by atoms with van der Waals surface area (Å²) in [6.07, 6.45) is 5.29. The maximum absolute atomic E-state index is 9.65. The molecule has 1 N–H and O–H groups in total. The molecule has 0 unspecified atom stereocenters. The highest BCUT2D eigenvalue weighted by atomic mass is 16.5. The van der Waals surface area contributed by atoms with Crippen molar-refractivity contribution >= 4 is 0 Å². The zero-order valence-corrected chi connectivity index (χ0v) is 11.0. The highest BCUT2D eigenvalue weighted by Crippen LogP contribution is 2.19. The van der Waals surface area contributed by atoms with E-state index in [1.54, 1.807) is 0 Å². The first-order valence-corrected chi connectivity index (χ1v) is 6.68. The van der Waals surface area contributed by atoms with E-state index in [-0.39, 0.29) is 6.10 Å². The van der Waals surface area contributed by atoms with Crippen molar-refractivity contribution in [3.63, 3.8) is 0 Å². The lowest BCUT2D eigenvalue weighted by molar-refractivity contribution is 0.173. The van der Waals surface area contributed by atoms with Gasteiger partial charge in [0, 0.05) is 0 Å². The highest BCUT2D eigenvalue weighted by Gasteiger charge is 2.04. The molecule has 17 heavy (non-hydrogen) atoms. The number of hydrogen-bond donors (Lipinski definition) is 1. The van der Waals surface area contributed by atoms with Crippen LogP contribution in [0.5, 0.6) is 5.75 Å². The molecule has 1 aromatic rings. The Morgan fingerprint density at radius 3 is 2.35 bits per heavy atom. The van der Waals surface area contributed by atoms with Gasteiger partial charge in [-0.15, -0.1) is 0 Å². The van der Waals surface area contributed by atoms with Gasteiger partial charge in [-0.2, -0.15) is 0 Å². The van der Waals surface area contributed by atoms with Crippen molar-refractivity contribution in [3.05, 3.63) is 29.8 Å². The van der Waals surface area contributed by atoms with Gasteiger partial charge in [-0.25, -0.2) is 0 Å². The minimum absolute atomic E-state index is 0.353. The van der Waals surface area contributed by atoms with Crippen LogP contribution in [0.25, 0.3) is 0 Å². The van der Waals surface area contributed by atoms with Crippen molar-refractivity contribution in [2.75, 3.05) is 6.61 Å². The summed E-state index contributed by atoms with van der Waals surface area (Å²) in [7, 11) is 0. The molecule has 1 atom stereocenters. The Hall–Kier alpha value is -1.02. The summed E-state index contributed by atoms with van der Waals surface area (Å²) in [5, 5.41) is 9.65. The van der Waals surface area contributed by atoms with E-state index < -0.39 is 0 Å². The molecule has 1 aromatic carbocycles. The number of ether oxygens (including phenoxy) is 1. The van der Waals surface area contributed by atoms with Gasteiger partial charge in [-0.1, -0.05) is 45.2 Å². The largest absolute Gasteiger partial charge is 0.494 e. The number of aliphatic hydroxyl groups is 1. The first-order chi connectivity index (χ1) is 8.27. The van der Waals surface area contributed by atoms with Crippen LogP contribution < -0.4 is 4.74 Å². The zero-order chi connectivity index (χ0) is 12.5. The Morgan fingerprint density at radius 2 is 1.76 bits per heavy atom. The molecular formula is C15H24O2. The molecule has 96 valence electrons. The molecule has 0 aliphatic heterocycles. The second-order valence-corrected chi connectivity index (χ2v) is 4.40. The Bertz CT molecular complexity index is 292. The highest BCUT2D eigenvalue weighted by molar-refractivity contribution is 5.28. The molecule has 0 aliphatic carbocycles. The van der Waals surface area contributed by atoms with E-state index in [1.807, 2.05) is 31.2 Å². The van der Waals surface area contributed by atoms with Crippen LogP contribution in [-0.2, 0) is 0 Å². The topological polar surface area (TPSA) is 29.5 Å². The monoisotopic (exact) mass is 236 g/mol. The molecule has 0 saturated heterocycles. The van der Waals surface area contributed by atoms with Crippen molar-refractivity contribution in [2.45, 2.75) is 52.1 Å². The molecule has 0 radical (unpaired) electrons. The van der Waals surface area contributed by atoms with Crippen LogP contribution in [0.1, 0.15) is 57.6 Å². The lowest BCUT2D eigenvalue weighted by Gasteiger charge is -2.10. The zero-order valence-electron chi connectivity index (χ0n) is 11.0. The van der Waals surface area contributed by atoms with E-state index >= 15 is 0 Å². The van der Waals surface area contributed by atoms with Gasteiger partial charge in [-0.05, 0) is 30.5 Å². The summed E-state index contributed by atoms with van der Waals surface area (Å²) in [4.78, 5) is 0. The van der Waals surface area contributed by atoms with Crippen molar-refractivity contribution < 1.29 is 9.84 Å². The normalized spacial score (nSPS) is 12.4. The molecular weight excluding hydrogens is 212 g/mol. The van der Waals surface area contributed by atoms with Crippen molar-refractivity contribution in [3.8, 4) is 5.75 Å². The summed E-state index contributed by atoms with van der Waals surface area (Å²) in [5.41, 5.74) is 0.964. The number of aliphatic hydroxyl groups excluding tert-OH is 1. The first-order valence-electron chi connectivity index (χ1n) is 6.68. The van der Waals surface area contributed by atoms with Gasteiger partial charge in [0.2, 0.25) is 0 Å². The van der Waals surface area contributed by atoms with Gasteiger partial charge in [0.05, 0.1) is 12.7 Å². The van der Waals surface area contributed by atoms with E-state index in [2.05, 4.69) is 6.92 Å². The molecule has 0 spiro atoms. The number of hydrogen-bond acceptors (Lipinski definition) is 2. The lowest BCUT2D eigenvalue weighted by atomic mass is 10.1. The van der Waals surface area contributed by atoms with E-state index in [0.717, 1.165) is 30.8 Å². The van der Waals surface area contributed by atoms with Crippen LogP contribution in [0, 0.1) is 0 Å². The Balaban J connectivity index is 2.30. The van der Waals surface area contributed by atoms with Crippen molar-refractivity contribution in [1.82, 2.24) is 0 Å². The Labute approximate surface area is 105 Å². The fraction of sp³-hybridized carbons (Fsp3) is 0.600. The van der Waals surface area contributed by atoms with Gasteiger partial charge < -0.3 is 9.84 Å². The second-order valence-electron chi connectivity index (χ2n) is 4.40. The minimum atomic E-state index is -0.353. The molecule has 0 amide bonds. The molecule has 1 rings (SSSR count). The van der Waals surface area contributed by atoms with Gasteiger partial charge in [-0.3, -0.25) is 0 Å². The maximum atomic E-state index is 9.65. The van der Waals surface area contributed by atoms with E-state index in [9.17, 15) is 5.11 Å². The summed E-state index contributed by atoms with van der Waals surface area (Å²) >= 11 is 0. The molecule has 2 nitrogen and oxygen atoms in total. The third-order valence-corrected chi connectivity index (χ3v) is 2.92. The van der Waals surface area contributed by atoms with Crippen molar-refractivity contribution in [2.24, 2.45) is 0 Å². The summed E-state index contributed by atoms with van der Waals surface area (Å²) in [6.45, 7) is 4.97. The van der Waals surface area contributed by atoms with Gasteiger partial charge >= 0.3 is 0 Å². The predicted molar refractivity (Wildman–Crippen MR) is 71.3 cm³/mol. The molecule has 2 heteroatoms. The average Bonchev–Trinajstić information content (AvgIpc) is 2.38. The first kappa shape index (κ1) is 14.0. The molecule has 0 saturated carbocycles. The SMILES string of the molecule is CCCCCCOc1ccc([C@@H](O)CC)cc1. The van der Waals surface area contributed by atoms with Crippen LogP contribution in [0.15, 0.2) is 24.3 Å². The smallest absolute Gasteiger partial charge is 0.119 e. The van der Waals surface area contributed by atoms with Crippen LogP contribution in [0.3, 0.4) is 0 Å². The standard InChI is InChI=1S/C15H24O2/c1-3-5-6-7-12-17-14-10-8-13(9-11-14)15(16)4-2/h8-11,15-16H,3-7,12H2,1-2H3/t15-/m0/s1. The van der Waals surface area contributed by atoms with Crippen molar-refractivity contribution in [1.29, 1.82) is 0 Å². The molecule has 0 fully saturated rings. The van der Waals surface area contributed by atoms with Crippen LogP contribution in [0.2, 0.25) is 0 Å². The van der Waals surface area contributed by atoms with E-state index in [1.165, 1.54) is 19.3 Å². The average molecular weight is 236 g/mol. The Kier molecular flexibility index (Phi) is 6.71. The number of unbranched alkanes of at least 4 members (excludes halogenated alkanes) is 3. The number of benzene rings is 1. The summed E-state index contributed by atoms with van der Waals surface area (Å²) in [5.74, 6) is 0.897. The molecule has 0 aliphatic rings. The lowest BCUT2D eigenvalue weighted by Crippen LogP contribution is -1.98. The van der Waals surface area contributed by atoms with Crippen LogP contribution in [-0.4, -0.2) is 11.7 Å². The fourth-order valence-corrected chi connectivity index (χ4v) is 1.74. The second kappa shape index (κ2) is 8.13. The summed E-state index contributed by atoms with van der Waals surface area (Å²) in [6, 6.07) is 7.76. The molecule has 0 bridgehead atoms. The fourth-order valence-electron chi connectivity index (χ4n) is 1.74. The van der Waals surface area contributed by atoms with Crippen LogP contribution in [0.4, 0.5) is 0 Å². The molecule has 0 aromatic heterocycles. The predicted octanol–water partition coefficient (Wildman–Crippen LogP) is 4.09. The van der Waals surface area contributed by atoms with Gasteiger partial charge in [0.25, 0.3) is 0 Å². The summed E-state index contributed by atoms with van der Waals surface area (Å²) < 4.78 is 5.64. The molecule has 0 heterocycles. The third-order valence-electron chi connectivity index (χ3n) is 2.92. The quantitative estimate of drug-likeness (QED) is 0.689. The Morgan fingerprint density at radius 1 is 1.06 bits per heavy atom. The third kappa shape index (κ3) is 5.22. The van der Waals surface area contributed by atoms with Gasteiger partial charge in [0.1, 0.15) is 5.75 Å². The minimum Gasteiger partial charge on any atom is -0.494 e. The van der Waals surface area contributed by atoms with Gasteiger partial charge in [0.15, 0.2) is 0 Å². The van der Waals surface area contributed by atoms with Crippen LogP contribution >= 0.6 is 0 Å². The van der Waals surface area contributed by atoms with E-state index in [4.69, 9.17) is 4.74 Å². The maximum Gasteiger partial charge on any atom is 0.119 e. The van der Waals surface area contributed by atoms with E-state index in [0.29, 0.717) is 0 Å².